The van der Waals surface area contributed by atoms with Gasteiger partial charge in [-0.25, -0.2) is 26.3 Å². The summed E-state index contributed by atoms with van der Waals surface area (Å²) >= 11 is 0. The molecule has 0 aliphatic rings. The Balaban J connectivity index is 2.24. The van der Waals surface area contributed by atoms with E-state index in [0.29, 0.717) is 17.7 Å². The molecule has 144 valence electrons. The summed E-state index contributed by atoms with van der Waals surface area (Å²) in [5, 5.41) is 2.06. The minimum absolute atomic E-state index is 0.106. The molecule has 0 saturated heterocycles. The number of benzene rings is 2. The van der Waals surface area contributed by atoms with Crippen LogP contribution in [0.15, 0.2) is 41.3 Å². The predicted molar refractivity (Wildman–Crippen MR) is 93.2 cm³/mol. The summed E-state index contributed by atoms with van der Waals surface area (Å²) in [6.07, 6.45) is 2.25. The van der Waals surface area contributed by atoms with Gasteiger partial charge in [-0.15, -0.1) is 0 Å². The van der Waals surface area contributed by atoms with Crippen molar-refractivity contribution in [2.45, 2.75) is 4.90 Å². The minimum atomic E-state index is -3.80. The summed E-state index contributed by atoms with van der Waals surface area (Å²) in [4.78, 5) is 11.7. The van der Waals surface area contributed by atoms with E-state index in [1.807, 2.05) is 0 Å². The van der Waals surface area contributed by atoms with E-state index in [0.717, 1.165) is 6.08 Å². The molecule has 10 heteroatoms. The lowest BCUT2D eigenvalue weighted by Crippen LogP contribution is -2.19. The lowest BCUT2D eigenvalue weighted by molar-refractivity contribution is -0.111. The molecule has 2 N–H and O–H groups in total. The third kappa shape index (κ3) is 4.86. The van der Waals surface area contributed by atoms with Gasteiger partial charge in [-0.05, 0) is 30.8 Å². The van der Waals surface area contributed by atoms with Crippen LogP contribution in [0.3, 0.4) is 0 Å². The fourth-order valence-electron chi connectivity index (χ4n) is 2.08. The summed E-state index contributed by atoms with van der Waals surface area (Å²) < 4.78 is 70.7. The summed E-state index contributed by atoms with van der Waals surface area (Å²) in [5.74, 6) is -4.55. The van der Waals surface area contributed by atoms with Gasteiger partial charge in [0.15, 0.2) is 11.6 Å². The Hall–Kier alpha value is -2.85. The van der Waals surface area contributed by atoms with E-state index >= 15 is 0 Å². The molecule has 1 amide bonds. The van der Waals surface area contributed by atoms with Crippen LogP contribution >= 0.6 is 0 Å². The SMILES string of the molecule is CNS(=O)(=O)c1cc(/C=C/C(=O)Nc2cc(F)c(F)cc2F)ccc1OC. The number of halogens is 3. The molecule has 0 aromatic heterocycles. The average Bonchev–Trinajstić information content (AvgIpc) is 2.64. The van der Waals surface area contributed by atoms with Crippen molar-refractivity contribution in [3.63, 3.8) is 0 Å². The first kappa shape index (κ1) is 20.5. The third-order valence-electron chi connectivity index (χ3n) is 3.44. The van der Waals surface area contributed by atoms with Crippen LogP contribution in [0.2, 0.25) is 0 Å². The zero-order chi connectivity index (χ0) is 20.2. The van der Waals surface area contributed by atoms with Crippen molar-refractivity contribution in [3.05, 3.63) is 59.4 Å². The van der Waals surface area contributed by atoms with Crippen molar-refractivity contribution in [3.8, 4) is 5.75 Å². The van der Waals surface area contributed by atoms with Crippen LogP contribution in [-0.2, 0) is 14.8 Å². The number of carbonyl (C=O) groups excluding carboxylic acids is 1. The number of hydrogen-bond donors (Lipinski definition) is 2. The number of ether oxygens (including phenoxy) is 1. The van der Waals surface area contributed by atoms with Crippen LogP contribution in [-0.4, -0.2) is 28.5 Å². The van der Waals surface area contributed by atoms with Crippen molar-refractivity contribution in [2.75, 3.05) is 19.5 Å². The van der Waals surface area contributed by atoms with Gasteiger partial charge in [-0.3, -0.25) is 4.79 Å². The standard InChI is InChI=1S/C17H15F3N2O4S/c1-21-27(24,25)16-7-10(3-5-15(16)26-2)4-6-17(23)22-14-9-12(19)11(18)8-13(14)20/h3-9,21H,1-2H3,(H,22,23)/b6-4+. The lowest BCUT2D eigenvalue weighted by atomic mass is 10.2. The monoisotopic (exact) mass is 400 g/mol. The molecular formula is C17H15F3N2O4S. The van der Waals surface area contributed by atoms with Gasteiger partial charge in [0.2, 0.25) is 15.9 Å². The average molecular weight is 400 g/mol. The molecular weight excluding hydrogens is 385 g/mol. The van der Waals surface area contributed by atoms with Gasteiger partial charge in [0.25, 0.3) is 0 Å². The lowest BCUT2D eigenvalue weighted by Gasteiger charge is -2.09. The second kappa shape index (κ2) is 8.23. The quantitative estimate of drug-likeness (QED) is 0.577. The number of methoxy groups -OCH3 is 1. The predicted octanol–water partition coefficient (Wildman–Crippen LogP) is 2.67. The largest absolute Gasteiger partial charge is 0.495 e. The van der Waals surface area contributed by atoms with Crippen LogP contribution in [0.5, 0.6) is 5.75 Å². The van der Waals surface area contributed by atoms with Gasteiger partial charge in [0.05, 0.1) is 12.8 Å². The van der Waals surface area contributed by atoms with Crippen molar-refractivity contribution >= 4 is 27.7 Å². The molecule has 2 aromatic carbocycles. The smallest absolute Gasteiger partial charge is 0.248 e. The molecule has 0 fully saturated rings. The number of hydrogen-bond acceptors (Lipinski definition) is 4. The number of amides is 1. The molecule has 2 aromatic rings. The first-order valence-electron chi connectivity index (χ1n) is 7.43. The number of anilines is 1. The molecule has 0 aliphatic carbocycles. The molecule has 27 heavy (non-hydrogen) atoms. The van der Waals surface area contributed by atoms with Crippen LogP contribution in [0, 0.1) is 17.5 Å². The van der Waals surface area contributed by atoms with Crippen LogP contribution < -0.4 is 14.8 Å². The number of sulfonamides is 1. The van der Waals surface area contributed by atoms with E-state index in [9.17, 15) is 26.4 Å². The maximum Gasteiger partial charge on any atom is 0.248 e. The Bertz CT molecular complexity index is 1010. The second-order valence-corrected chi connectivity index (χ2v) is 7.04. The summed E-state index contributed by atoms with van der Waals surface area (Å²) in [7, 11) is -1.26. The van der Waals surface area contributed by atoms with Crippen LogP contribution in [0.1, 0.15) is 5.56 Å². The van der Waals surface area contributed by atoms with Crippen molar-refractivity contribution < 1.29 is 31.1 Å². The molecule has 0 atom stereocenters. The molecule has 0 bridgehead atoms. The zero-order valence-corrected chi connectivity index (χ0v) is 15.0. The number of rotatable bonds is 6. The highest BCUT2D eigenvalue weighted by Gasteiger charge is 2.18. The Kier molecular flexibility index (Phi) is 6.24. The fourth-order valence-corrected chi connectivity index (χ4v) is 3.01. The van der Waals surface area contributed by atoms with E-state index in [1.54, 1.807) is 0 Å². The van der Waals surface area contributed by atoms with E-state index in [4.69, 9.17) is 4.74 Å². The summed E-state index contributed by atoms with van der Waals surface area (Å²) in [6, 6.07) is 4.99. The Morgan fingerprint density at radius 2 is 1.74 bits per heavy atom. The number of carbonyl (C=O) groups is 1. The normalized spacial score (nSPS) is 11.6. The maximum atomic E-state index is 13.5. The van der Waals surface area contributed by atoms with E-state index < -0.39 is 39.1 Å². The topological polar surface area (TPSA) is 84.5 Å². The van der Waals surface area contributed by atoms with E-state index in [-0.39, 0.29) is 10.6 Å². The van der Waals surface area contributed by atoms with Crippen LogP contribution in [0.4, 0.5) is 18.9 Å². The van der Waals surface area contributed by atoms with Gasteiger partial charge in [0, 0.05) is 18.2 Å². The molecule has 0 heterocycles. The molecule has 2 rings (SSSR count). The molecule has 0 unspecified atom stereocenters. The van der Waals surface area contributed by atoms with Gasteiger partial charge in [-0.1, -0.05) is 6.07 Å². The summed E-state index contributed by atoms with van der Waals surface area (Å²) in [6.45, 7) is 0. The Labute approximate surface area is 153 Å². The highest BCUT2D eigenvalue weighted by atomic mass is 32.2. The van der Waals surface area contributed by atoms with Crippen molar-refractivity contribution in [1.82, 2.24) is 4.72 Å². The second-order valence-electron chi connectivity index (χ2n) is 5.19. The number of nitrogens with one attached hydrogen (secondary N) is 2. The Morgan fingerprint density at radius 1 is 1.07 bits per heavy atom. The zero-order valence-electron chi connectivity index (χ0n) is 14.2. The summed E-state index contributed by atoms with van der Waals surface area (Å²) in [5.41, 5.74) is -0.192. The molecule has 0 aliphatic heterocycles. The molecule has 0 spiro atoms. The van der Waals surface area contributed by atoms with Crippen molar-refractivity contribution in [2.24, 2.45) is 0 Å². The maximum absolute atomic E-state index is 13.5. The fraction of sp³-hybridized carbons (Fsp3) is 0.118. The highest BCUT2D eigenvalue weighted by Crippen LogP contribution is 2.25. The van der Waals surface area contributed by atoms with Gasteiger partial charge >= 0.3 is 0 Å². The molecule has 0 radical (unpaired) electrons. The van der Waals surface area contributed by atoms with Crippen LogP contribution in [0.25, 0.3) is 6.08 Å². The van der Waals surface area contributed by atoms with E-state index in [1.165, 1.54) is 38.4 Å². The first-order chi connectivity index (χ1) is 12.7. The Morgan fingerprint density at radius 3 is 2.37 bits per heavy atom. The first-order valence-corrected chi connectivity index (χ1v) is 8.91. The molecule has 6 nitrogen and oxygen atoms in total. The van der Waals surface area contributed by atoms with Gasteiger partial charge < -0.3 is 10.1 Å². The third-order valence-corrected chi connectivity index (χ3v) is 4.88. The van der Waals surface area contributed by atoms with E-state index in [2.05, 4.69) is 10.0 Å². The van der Waals surface area contributed by atoms with Gasteiger partial charge in [0.1, 0.15) is 16.5 Å². The highest BCUT2D eigenvalue weighted by molar-refractivity contribution is 7.89. The minimum Gasteiger partial charge on any atom is -0.495 e. The molecule has 0 saturated carbocycles. The van der Waals surface area contributed by atoms with Gasteiger partial charge in [-0.2, -0.15) is 0 Å². The van der Waals surface area contributed by atoms with Crippen molar-refractivity contribution in [1.29, 1.82) is 0 Å².